The van der Waals surface area contributed by atoms with Crippen LogP contribution in [-0.2, 0) is 11.8 Å². The number of nitrogens with one attached hydrogen (secondary N) is 1. The van der Waals surface area contributed by atoms with Crippen molar-refractivity contribution in [2.75, 3.05) is 25.7 Å². The van der Waals surface area contributed by atoms with Gasteiger partial charge in [0.15, 0.2) is 5.16 Å². The minimum absolute atomic E-state index is 0.244. The summed E-state index contributed by atoms with van der Waals surface area (Å²) < 4.78 is 1.62. The number of hydrogen-bond donors (Lipinski definition) is 1. The van der Waals surface area contributed by atoms with Crippen molar-refractivity contribution in [3.05, 3.63) is 12.3 Å². The molecule has 1 rings (SSSR count). The minimum Gasteiger partial charge on any atom is -0.383 e. The second kappa shape index (κ2) is 5.55. The van der Waals surface area contributed by atoms with Crippen LogP contribution in [0.2, 0.25) is 0 Å². The van der Waals surface area contributed by atoms with Crippen molar-refractivity contribution in [2.24, 2.45) is 7.05 Å². The van der Waals surface area contributed by atoms with Crippen molar-refractivity contribution < 1.29 is 4.79 Å². The van der Waals surface area contributed by atoms with Crippen molar-refractivity contribution in [3.63, 3.8) is 0 Å². The molecular weight excluding hydrogens is 226 g/mol. The van der Waals surface area contributed by atoms with Crippen LogP contribution in [0.3, 0.4) is 0 Å². The van der Waals surface area contributed by atoms with Crippen LogP contribution in [0.5, 0.6) is 0 Å². The van der Waals surface area contributed by atoms with Crippen molar-refractivity contribution in [3.8, 4) is 0 Å². The molecule has 0 aliphatic heterocycles. The Kier molecular flexibility index (Phi) is 4.36. The summed E-state index contributed by atoms with van der Waals surface area (Å²) in [4.78, 5) is 17.3. The average molecular weight is 241 g/mol. The molecule has 1 N–H and O–H groups in total. The molecule has 0 aliphatic rings. The predicted molar refractivity (Wildman–Crippen MR) is 64.2 cm³/mol. The lowest BCUT2D eigenvalue weighted by Crippen LogP contribution is -2.11. The normalized spacial score (nSPS) is 10.8. The topological polar surface area (TPSA) is 63.1 Å². The summed E-state index contributed by atoms with van der Waals surface area (Å²) in [6.07, 6.45) is 4.99. The van der Waals surface area contributed by atoms with Gasteiger partial charge >= 0.3 is 0 Å². The van der Waals surface area contributed by atoms with Crippen molar-refractivity contribution in [1.82, 2.24) is 19.7 Å². The standard InChI is InChI=1S/C9H15N5OS/c1-13(2)6-5-7(15)10-8-11-9(16-4)14(3)12-8/h5-6H,1-4H3,(H,10,12,15)/b6-5+. The Morgan fingerprint density at radius 3 is 2.75 bits per heavy atom. The molecule has 6 nitrogen and oxygen atoms in total. The molecule has 1 heterocycles. The van der Waals surface area contributed by atoms with E-state index in [1.54, 1.807) is 22.8 Å². The maximum absolute atomic E-state index is 11.4. The minimum atomic E-state index is -0.244. The SMILES string of the molecule is CSc1nc(NC(=O)/C=C/N(C)C)nn1C. The first-order valence-corrected chi connectivity index (χ1v) is 5.86. The van der Waals surface area contributed by atoms with Crippen LogP contribution in [0.15, 0.2) is 17.4 Å². The lowest BCUT2D eigenvalue weighted by atomic mass is 10.5. The van der Waals surface area contributed by atoms with Crippen molar-refractivity contribution >= 4 is 23.6 Å². The molecule has 0 atom stereocenters. The Hall–Kier alpha value is -1.50. The Balaban J connectivity index is 2.63. The Bertz CT molecular complexity index is 399. The fourth-order valence-electron chi connectivity index (χ4n) is 0.970. The van der Waals surface area contributed by atoms with Gasteiger partial charge in [0, 0.05) is 33.4 Å². The molecule has 1 amide bonds. The van der Waals surface area contributed by atoms with Gasteiger partial charge < -0.3 is 4.90 Å². The number of carbonyl (C=O) groups excluding carboxylic acids is 1. The first-order chi connectivity index (χ1) is 7.52. The number of amides is 1. The molecule has 0 unspecified atom stereocenters. The summed E-state index contributed by atoms with van der Waals surface area (Å²) in [7, 11) is 5.47. The number of nitrogens with zero attached hydrogens (tertiary/aromatic N) is 4. The molecule has 1 aromatic heterocycles. The van der Waals surface area contributed by atoms with Crippen molar-refractivity contribution in [2.45, 2.75) is 5.16 Å². The number of carbonyl (C=O) groups is 1. The van der Waals surface area contributed by atoms with E-state index in [2.05, 4.69) is 15.4 Å². The number of hydrogen-bond acceptors (Lipinski definition) is 5. The maximum atomic E-state index is 11.4. The van der Waals surface area contributed by atoms with Crippen LogP contribution < -0.4 is 5.32 Å². The summed E-state index contributed by atoms with van der Waals surface area (Å²) >= 11 is 1.47. The second-order valence-corrected chi connectivity index (χ2v) is 4.09. The summed E-state index contributed by atoms with van der Waals surface area (Å²) in [5.74, 6) is 0.0761. The zero-order valence-electron chi connectivity index (χ0n) is 9.76. The largest absolute Gasteiger partial charge is 0.383 e. The number of rotatable bonds is 4. The first-order valence-electron chi connectivity index (χ1n) is 4.63. The van der Waals surface area contributed by atoms with Gasteiger partial charge in [-0.3, -0.25) is 10.1 Å². The molecule has 0 aromatic carbocycles. The molecule has 16 heavy (non-hydrogen) atoms. The van der Waals surface area contributed by atoms with Gasteiger partial charge in [-0.2, -0.15) is 4.98 Å². The fraction of sp³-hybridized carbons (Fsp3) is 0.444. The summed E-state index contributed by atoms with van der Waals surface area (Å²) in [5.41, 5.74) is 0. The molecule has 0 fully saturated rings. The summed E-state index contributed by atoms with van der Waals surface area (Å²) in [5, 5.41) is 7.39. The van der Waals surface area contributed by atoms with Crippen LogP contribution in [0.4, 0.5) is 5.95 Å². The fourth-order valence-corrected chi connectivity index (χ4v) is 1.45. The third-order valence-corrected chi connectivity index (χ3v) is 2.39. The Labute approximate surface area is 98.7 Å². The first kappa shape index (κ1) is 12.6. The molecule has 0 saturated heterocycles. The van der Waals surface area contributed by atoms with Crippen LogP contribution >= 0.6 is 11.8 Å². The lowest BCUT2D eigenvalue weighted by molar-refractivity contribution is -0.112. The van der Waals surface area contributed by atoms with E-state index in [1.807, 2.05) is 20.4 Å². The predicted octanol–water partition coefficient (Wildman–Crippen LogP) is 0.551. The van der Waals surface area contributed by atoms with Gasteiger partial charge in [0.2, 0.25) is 5.95 Å². The zero-order valence-corrected chi connectivity index (χ0v) is 10.6. The van der Waals surface area contributed by atoms with Crippen molar-refractivity contribution in [1.29, 1.82) is 0 Å². The van der Waals surface area contributed by atoms with Gasteiger partial charge in [-0.05, 0) is 6.26 Å². The van der Waals surface area contributed by atoms with Gasteiger partial charge in [-0.1, -0.05) is 11.8 Å². The summed E-state index contributed by atoms with van der Waals surface area (Å²) in [6, 6.07) is 0. The van der Waals surface area contributed by atoms with Gasteiger partial charge in [-0.15, -0.1) is 5.10 Å². The van der Waals surface area contributed by atoms with E-state index in [9.17, 15) is 4.79 Å². The molecule has 0 spiro atoms. The summed E-state index contributed by atoms with van der Waals surface area (Å²) in [6.45, 7) is 0. The molecule has 88 valence electrons. The highest BCUT2D eigenvalue weighted by molar-refractivity contribution is 7.98. The van der Waals surface area contributed by atoms with E-state index in [-0.39, 0.29) is 5.91 Å². The monoisotopic (exact) mass is 241 g/mol. The molecule has 7 heteroatoms. The van der Waals surface area contributed by atoms with Crippen LogP contribution in [0, 0.1) is 0 Å². The molecular formula is C9H15N5OS. The molecule has 0 bridgehead atoms. The smallest absolute Gasteiger partial charge is 0.252 e. The highest BCUT2D eigenvalue weighted by Gasteiger charge is 2.07. The van der Waals surface area contributed by atoms with E-state index < -0.39 is 0 Å². The Morgan fingerprint density at radius 1 is 1.56 bits per heavy atom. The van der Waals surface area contributed by atoms with Crippen LogP contribution in [-0.4, -0.2) is 45.9 Å². The third-order valence-electron chi connectivity index (χ3n) is 1.66. The molecule has 0 aliphatic carbocycles. The quantitative estimate of drug-likeness (QED) is 0.616. The number of aryl methyl sites for hydroxylation is 1. The van der Waals surface area contributed by atoms with E-state index in [4.69, 9.17) is 0 Å². The molecule has 0 saturated carbocycles. The number of aromatic nitrogens is 3. The van der Waals surface area contributed by atoms with Gasteiger partial charge in [0.25, 0.3) is 5.91 Å². The average Bonchev–Trinajstić information content (AvgIpc) is 2.55. The van der Waals surface area contributed by atoms with Gasteiger partial charge in [0.1, 0.15) is 0 Å². The molecule has 0 radical (unpaired) electrons. The van der Waals surface area contributed by atoms with E-state index >= 15 is 0 Å². The zero-order chi connectivity index (χ0) is 12.1. The van der Waals surface area contributed by atoms with Crippen LogP contribution in [0.1, 0.15) is 0 Å². The number of thioether (sulfide) groups is 1. The van der Waals surface area contributed by atoms with E-state index in [0.717, 1.165) is 5.16 Å². The van der Waals surface area contributed by atoms with E-state index in [0.29, 0.717) is 5.95 Å². The van der Waals surface area contributed by atoms with E-state index in [1.165, 1.54) is 17.8 Å². The highest BCUT2D eigenvalue weighted by Crippen LogP contribution is 2.12. The second-order valence-electron chi connectivity index (χ2n) is 3.31. The van der Waals surface area contributed by atoms with Gasteiger partial charge in [-0.25, -0.2) is 4.68 Å². The Morgan fingerprint density at radius 2 is 2.25 bits per heavy atom. The highest BCUT2D eigenvalue weighted by atomic mass is 32.2. The third kappa shape index (κ3) is 3.58. The lowest BCUT2D eigenvalue weighted by Gasteiger charge is -2.02. The number of anilines is 1. The van der Waals surface area contributed by atoms with Crippen LogP contribution in [0.25, 0.3) is 0 Å². The molecule has 1 aromatic rings. The van der Waals surface area contributed by atoms with Gasteiger partial charge in [0.05, 0.1) is 0 Å². The maximum Gasteiger partial charge on any atom is 0.252 e.